The molecule has 0 spiro atoms. The van der Waals surface area contributed by atoms with Gasteiger partial charge in [0, 0.05) is 5.69 Å². The highest BCUT2D eigenvalue weighted by Crippen LogP contribution is 2.29. The van der Waals surface area contributed by atoms with Crippen LogP contribution in [0.1, 0.15) is 63.2 Å². The van der Waals surface area contributed by atoms with Gasteiger partial charge in [-0.2, -0.15) is 0 Å². The number of nitrogens with two attached hydrogens (primary N) is 1. The Kier molecular flexibility index (Phi) is 7.44. The molecule has 1 aliphatic rings. The molecular formula is C26H34N2O4. The number of rotatable bonds is 6. The standard InChI is InChI=1S/C26H34N2O4/c1-26(2,3)32-25(30)23(18-8-6-5-7-9-18)28-24(29)21-15-12-19(16-22(21)27)17-10-13-20(31-4)14-11-17/h10-16,18,23H,5-9,27H2,1-4H3,(H,28,29)/t23-/m0/s1. The fourth-order valence-corrected chi connectivity index (χ4v) is 4.15. The van der Waals surface area contributed by atoms with Crippen LogP contribution in [-0.4, -0.2) is 30.6 Å². The largest absolute Gasteiger partial charge is 0.497 e. The maximum Gasteiger partial charge on any atom is 0.329 e. The lowest BCUT2D eigenvalue weighted by Crippen LogP contribution is -2.49. The number of carbonyl (C=O) groups excluding carboxylic acids is 2. The molecule has 32 heavy (non-hydrogen) atoms. The summed E-state index contributed by atoms with van der Waals surface area (Å²) in [7, 11) is 1.62. The monoisotopic (exact) mass is 438 g/mol. The van der Waals surface area contributed by atoms with Gasteiger partial charge in [-0.1, -0.05) is 37.5 Å². The van der Waals surface area contributed by atoms with Crippen LogP contribution >= 0.6 is 0 Å². The van der Waals surface area contributed by atoms with Gasteiger partial charge >= 0.3 is 5.97 Å². The van der Waals surface area contributed by atoms with Crippen molar-refractivity contribution in [2.75, 3.05) is 12.8 Å². The molecule has 0 radical (unpaired) electrons. The summed E-state index contributed by atoms with van der Waals surface area (Å²) in [5.41, 5.74) is 8.22. The van der Waals surface area contributed by atoms with Crippen molar-refractivity contribution < 1.29 is 19.1 Å². The summed E-state index contributed by atoms with van der Waals surface area (Å²) in [5.74, 6) is 0.104. The highest BCUT2D eigenvalue weighted by Gasteiger charge is 2.34. The van der Waals surface area contributed by atoms with Crippen LogP contribution in [0.5, 0.6) is 5.75 Å². The summed E-state index contributed by atoms with van der Waals surface area (Å²) in [6.45, 7) is 5.50. The van der Waals surface area contributed by atoms with E-state index in [1.165, 1.54) is 0 Å². The predicted octanol–water partition coefficient (Wildman–Crippen LogP) is 4.96. The van der Waals surface area contributed by atoms with Crippen LogP contribution in [0.2, 0.25) is 0 Å². The Morgan fingerprint density at radius 1 is 1.00 bits per heavy atom. The summed E-state index contributed by atoms with van der Waals surface area (Å²) in [4.78, 5) is 26.0. The minimum absolute atomic E-state index is 0.0716. The molecule has 0 aromatic heterocycles. The van der Waals surface area contributed by atoms with Crippen molar-refractivity contribution in [2.24, 2.45) is 5.92 Å². The number of hydrogen-bond donors (Lipinski definition) is 2. The lowest BCUT2D eigenvalue weighted by atomic mass is 9.83. The lowest BCUT2D eigenvalue weighted by molar-refractivity contribution is -0.159. The molecule has 0 unspecified atom stereocenters. The van der Waals surface area contributed by atoms with Gasteiger partial charge < -0.3 is 20.5 Å². The maximum atomic E-state index is 13.1. The SMILES string of the molecule is COc1ccc(-c2ccc(C(=O)N[C@H](C(=O)OC(C)(C)C)C3CCCCC3)c(N)c2)cc1. The van der Waals surface area contributed by atoms with E-state index >= 15 is 0 Å². The molecule has 3 N–H and O–H groups in total. The van der Waals surface area contributed by atoms with E-state index in [9.17, 15) is 9.59 Å². The summed E-state index contributed by atoms with van der Waals surface area (Å²) in [5, 5.41) is 2.93. The van der Waals surface area contributed by atoms with Crippen LogP contribution in [0, 0.1) is 5.92 Å². The van der Waals surface area contributed by atoms with E-state index in [1.807, 2.05) is 51.1 Å². The summed E-state index contributed by atoms with van der Waals surface area (Å²) >= 11 is 0. The molecule has 1 atom stereocenters. The highest BCUT2D eigenvalue weighted by atomic mass is 16.6. The average Bonchev–Trinajstić information content (AvgIpc) is 2.76. The molecule has 1 saturated carbocycles. The molecule has 0 saturated heterocycles. The molecule has 1 aliphatic carbocycles. The minimum atomic E-state index is -0.678. The quantitative estimate of drug-likeness (QED) is 0.491. The number of esters is 1. The molecule has 2 aromatic rings. The van der Waals surface area contributed by atoms with Gasteiger partial charge in [0.05, 0.1) is 12.7 Å². The number of carbonyl (C=O) groups is 2. The first-order chi connectivity index (χ1) is 15.2. The Bertz CT molecular complexity index is 941. The normalized spacial score (nSPS) is 15.6. The van der Waals surface area contributed by atoms with E-state index < -0.39 is 11.6 Å². The summed E-state index contributed by atoms with van der Waals surface area (Å²) < 4.78 is 10.8. The van der Waals surface area contributed by atoms with Gasteiger partial charge in [0.15, 0.2) is 0 Å². The molecule has 172 valence electrons. The zero-order valence-corrected chi connectivity index (χ0v) is 19.4. The molecule has 6 heteroatoms. The second-order valence-electron chi connectivity index (χ2n) is 9.41. The van der Waals surface area contributed by atoms with E-state index in [0.717, 1.165) is 49.0 Å². The molecule has 0 heterocycles. The highest BCUT2D eigenvalue weighted by molar-refractivity contribution is 6.01. The van der Waals surface area contributed by atoms with Gasteiger partial charge in [-0.3, -0.25) is 4.79 Å². The van der Waals surface area contributed by atoms with Crippen LogP contribution in [0.3, 0.4) is 0 Å². The van der Waals surface area contributed by atoms with Crippen LogP contribution in [0.25, 0.3) is 11.1 Å². The number of nitrogen functional groups attached to an aromatic ring is 1. The van der Waals surface area contributed by atoms with Gasteiger partial charge in [-0.15, -0.1) is 0 Å². The van der Waals surface area contributed by atoms with Crippen molar-refractivity contribution in [3.05, 3.63) is 48.0 Å². The number of methoxy groups -OCH3 is 1. The van der Waals surface area contributed by atoms with E-state index in [4.69, 9.17) is 15.2 Å². The minimum Gasteiger partial charge on any atom is -0.497 e. The molecule has 0 bridgehead atoms. The lowest BCUT2D eigenvalue weighted by Gasteiger charge is -2.32. The Balaban J connectivity index is 1.79. The van der Waals surface area contributed by atoms with Crippen molar-refractivity contribution >= 4 is 17.6 Å². The van der Waals surface area contributed by atoms with E-state index in [0.29, 0.717) is 11.3 Å². The van der Waals surface area contributed by atoms with Crippen LogP contribution < -0.4 is 15.8 Å². The molecule has 6 nitrogen and oxygen atoms in total. The molecule has 1 fully saturated rings. The molecule has 1 amide bonds. The van der Waals surface area contributed by atoms with E-state index in [2.05, 4.69) is 5.32 Å². The molecule has 2 aromatic carbocycles. The number of anilines is 1. The zero-order chi connectivity index (χ0) is 23.3. The zero-order valence-electron chi connectivity index (χ0n) is 19.4. The van der Waals surface area contributed by atoms with Crippen molar-refractivity contribution in [1.29, 1.82) is 0 Å². The third-order valence-corrected chi connectivity index (χ3v) is 5.79. The average molecular weight is 439 g/mol. The number of nitrogens with one attached hydrogen (secondary N) is 1. The van der Waals surface area contributed by atoms with Gasteiger partial charge in [0.1, 0.15) is 17.4 Å². The third kappa shape index (κ3) is 6.02. The third-order valence-electron chi connectivity index (χ3n) is 5.79. The first-order valence-corrected chi connectivity index (χ1v) is 11.3. The van der Waals surface area contributed by atoms with Crippen molar-refractivity contribution in [3.63, 3.8) is 0 Å². The van der Waals surface area contributed by atoms with Crippen molar-refractivity contribution in [2.45, 2.75) is 64.5 Å². The molecular weight excluding hydrogens is 404 g/mol. The Hall–Kier alpha value is -3.02. The molecule has 0 aliphatic heterocycles. The first kappa shape index (κ1) is 23.6. The van der Waals surface area contributed by atoms with Crippen molar-refractivity contribution in [1.82, 2.24) is 5.32 Å². The maximum absolute atomic E-state index is 13.1. The second-order valence-corrected chi connectivity index (χ2v) is 9.41. The van der Waals surface area contributed by atoms with Gasteiger partial charge in [-0.25, -0.2) is 4.79 Å². The fourth-order valence-electron chi connectivity index (χ4n) is 4.15. The smallest absolute Gasteiger partial charge is 0.329 e. The predicted molar refractivity (Wildman–Crippen MR) is 127 cm³/mol. The number of amides is 1. The van der Waals surface area contributed by atoms with Crippen LogP contribution in [0.15, 0.2) is 42.5 Å². The Labute approximate surface area is 190 Å². The van der Waals surface area contributed by atoms with Gasteiger partial charge in [0.25, 0.3) is 5.91 Å². The number of hydrogen-bond acceptors (Lipinski definition) is 5. The van der Waals surface area contributed by atoms with Crippen molar-refractivity contribution in [3.8, 4) is 16.9 Å². The molecule has 3 rings (SSSR count). The first-order valence-electron chi connectivity index (χ1n) is 11.3. The summed E-state index contributed by atoms with van der Waals surface area (Å²) in [6, 6.07) is 12.3. The van der Waals surface area contributed by atoms with Gasteiger partial charge in [-0.05, 0) is 74.9 Å². The Morgan fingerprint density at radius 3 is 2.19 bits per heavy atom. The second kappa shape index (κ2) is 10.1. The van der Waals surface area contributed by atoms with Gasteiger partial charge in [0.2, 0.25) is 0 Å². The van der Waals surface area contributed by atoms with Crippen LogP contribution in [0.4, 0.5) is 5.69 Å². The van der Waals surface area contributed by atoms with Crippen LogP contribution in [-0.2, 0) is 9.53 Å². The van der Waals surface area contributed by atoms with E-state index in [1.54, 1.807) is 19.2 Å². The Morgan fingerprint density at radius 2 is 1.62 bits per heavy atom. The van der Waals surface area contributed by atoms with E-state index in [-0.39, 0.29) is 17.8 Å². The number of benzene rings is 2. The topological polar surface area (TPSA) is 90.6 Å². The summed E-state index contributed by atoms with van der Waals surface area (Å²) in [6.07, 6.45) is 5.06. The number of ether oxygens (including phenoxy) is 2. The fraction of sp³-hybridized carbons (Fsp3) is 0.462.